The van der Waals surface area contributed by atoms with Gasteiger partial charge in [-0.05, 0) is 55.6 Å². The van der Waals surface area contributed by atoms with E-state index in [0.29, 0.717) is 5.92 Å². The molecule has 0 radical (unpaired) electrons. The number of guanidine groups is 1. The van der Waals surface area contributed by atoms with E-state index in [-0.39, 0.29) is 18.4 Å². The Kier molecular flexibility index (Phi) is 5.13. The van der Waals surface area contributed by atoms with Crippen LogP contribution in [0.1, 0.15) is 53.3 Å². The molecule has 0 spiro atoms. The van der Waals surface area contributed by atoms with Crippen molar-refractivity contribution in [1.29, 1.82) is 5.41 Å². The maximum Gasteiger partial charge on any atom is 0.206 e. The third kappa shape index (κ3) is 3.42. The first-order valence-electron chi connectivity index (χ1n) is 8.67. The summed E-state index contributed by atoms with van der Waals surface area (Å²) in [6.07, 6.45) is 6.65. The van der Waals surface area contributed by atoms with Crippen LogP contribution in [0.5, 0.6) is 0 Å². The number of hydrazone groups is 1. The fourth-order valence-electron chi connectivity index (χ4n) is 4.09. The first kappa shape index (κ1) is 17.5. The van der Waals surface area contributed by atoms with Gasteiger partial charge in [-0.25, -0.2) is 5.43 Å². The van der Waals surface area contributed by atoms with Crippen LogP contribution >= 0.6 is 12.4 Å². The normalized spacial score (nSPS) is 20.3. The number of fused-ring (bicyclic) bond motifs is 3. The van der Waals surface area contributed by atoms with Crippen LogP contribution in [0.3, 0.4) is 0 Å². The Hall–Kier alpha value is -2.27. The zero-order valence-corrected chi connectivity index (χ0v) is 15.0. The lowest BCUT2D eigenvalue weighted by molar-refractivity contribution is 0.673. The Labute approximate surface area is 154 Å². The zero-order chi connectivity index (χ0) is 16.5. The number of H-pyrrole nitrogens is 1. The second kappa shape index (κ2) is 7.31. The molecule has 6 heteroatoms. The van der Waals surface area contributed by atoms with Crippen molar-refractivity contribution in [2.75, 3.05) is 0 Å². The maximum atomic E-state index is 7.41. The minimum absolute atomic E-state index is 0. The molecule has 0 aliphatic heterocycles. The third-order valence-electron chi connectivity index (χ3n) is 5.13. The number of hydrogen-bond donors (Lipinski definition) is 4. The molecule has 0 saturated carbocycles. The molecule has 25 heavy (non-hydrogen) atoms. The summed E-state index contributed by atoms with van der Waals surface area (Å²) in [7, 11) is 0. The van der Waals surface area contributed by atoms with Crippen molar-refractivity contribution in [3.63, 3.8) is 0 Å². The van der Waals surface area contributed by atoms with Crippen molar-refractivity contribution >= 4 is 24.1 Å². The van der Waals surface area contributed by atoms with Crippen molar-refractivity contribution in [2.45, 2.75) is 44.4 Å². The molecule has 0 saturated heterocycles. The molecule has 2 aliphatic carbocycles. The molecule has 1 heterocycles. The molecule has 1 unspecified atom stereocenters. The van der Waals surface area contributed by atoms with Gasteiger partial charge in [-0.1, -0.05) is 30.3 Å². The van der Waals surface area contributed by atoms with Gasteiger partial charge in [-0.2, -0.15) is 5.10 Å². The minimum Gasteiger partial charge on any atom is -0.369 e. The molecule has 5 nitrogen and oxygen atoms in total. The first-order chi connectivity index (χ1) is 11.7. The minimum atomic E-state index is -0.115. The van der Waals surface area contributed by atoms with Crippen LogP contribution in [0.4, 0.5) is 0 Å². The molecule has 1 atom stereocenters. The molecule has 0 amide bonds. The lowest BCUT2D eigenvalue weighted by Crippen LogP contribution is -2.29. The van der Waals surface area contributed by atoms with Crippen molar-refractivity contribution in [3.05, 3.63) is 58.4 Å². The fraction of sp³-hybridized carbons (Fsp3) is 0.368. The third-order valence-corrected chi connectivity index (χ3v) is 5.13. The van der Waals surface area contributed by atoms with Crippen molar-refractivity contribution in [3.8, 4) is 0 Å². The van der Waals surface area contributed by atoms with Gasteiger partial charge in [0.25, 0.3) is 0 Å². The van der Waals surface area contributed by atoms with Crippen LogP contribution in [-0.4, -0.2) is 16.7 Å². The van der Waals surface area contributed by atoms with Gasteiger partial charge in [-0.15, -0.1) is 12.4 Å². The number of rotatable bonds is 2. The number of nitrogens with two attached hydrogens (primary N) is 1. The molecule has 2 aromatic rings. The number of nitrogens with one attached hydrogen (secondary N) is 3. The summed E-state index contributed by atoms with van der Waals surface area (Å²) in [4.78, 5) is 3.68. The number of benzene rings is 1. The molecule has 1 aromatic carbocycles. The van der Waals surface area contributed by atoms with E-state index in [9.17, 15) is 0 Å². The summed E-state index contributed by atoms with van der Waals surface area (Å²) >= 11 is 0. The summed E-state index contributed by atoms with van der Waals surface area (Å²) in [6.45, 7) is 0. The maximum absolute atomic E-state index is 7.41. The fourth-order valence-corrected chi connectivity index (χ4v) is 4.09. The van der Waals surface area contributed by atoms with Crippen molar-refractivity contribution in [2.24, 2.45) is 10.8 Å². The van der Waals surface area contributed by atoms with Gasteiger partial charge in [0, 0.05) is 17.0 Å². The van der Waals surface area contributed by atoms with Crippen LogP contribution in [0.2, 0.25) is 0 Å². The standard InChI is InChI=1S/C19H23N5.ClH/c20-19(21)24-23-17-11-13(12-6-2-1-3-7-12)10-16-18(17)14-8-4-5-9-15(14)22-16;/h1-3,6-7,13,22H,4-5,8-11H2,(H4,20,21,24);1H. The Balaban J connectivity index is 0.00000182. The van der Waals surface area contributed by atoms with Crippen LogP contribution in [-0.2, 0) is 19.3 Å². The van der Waals surface area contributed by atoms with E-state index >= 15 is 0 Å². The smallest absolute Gasteiger partial charge is 0.206 e. The largest absolute Gasteiger partial charge is 0.369 e. The van der Waals surface area contributed by atoms with Gasteiger partial charge in [0.2, 0.25) is 5.96 Å². The van der Waals surface area contributed by atoms with E-state index in [1.807, 2.05) is 0 Å². The quantitative estimate of drug-likeness (QED) is 0.377. The average molecular weight is 358 g/mol. The topological polar surface area (TPSA) is 90.1 Å². The molecule has 0 fully saturated rings. The lowest BCUT2D eigenvalue weighted by Gasteiger charge is -2.25. The summed E-state index contributed by atoms with van der Waals surface area (Å²) < 4.78 is 0. The van der Waals surface area contributed by atoms with E-state index in [1.165, 1.54) is 40.9 Å². The Morgan fingerprint density at radius 1 is 1.12 bits per heavy atom. The van der Waals surface area contributed by atoms with Crippen LogP contribution in [0, 0.1) is 5.41 Å². The Morgan fingerprint density at radius 2 is 1.88 bits per heavy atom. The number of hydrogen-bond acceptors (Lipinski definition) is 2. The number of aromatic nitrogens is 1. The van der Waals surface area contributed by atoms with Crippen LogP contribution in [0.15, 0.2) is 35.4 Å². The van der Waals surface area contributed by atoms with E-state index in [2.05, 4.69) is 45.8 Å². The molecule has 5 N–H and O–H groups in total. The second-order valence-corrected chi connectivity index (χ2v) is 6.74. The summed E-state index contributed by atoms with van der Waals surface area (Å²) in [6, 6.07) is 10.6. The van der Waals surface area contributed by atoms with Crippen molar-refractivity contribution < 1.29 is 0 Å². The molecular formula is C19H24ClN5. The van der Waals surface area contributed by atoms with E-state index in [0.717, 1.165) is 31.4 Å². The predicted octanol–water partition coefficient (Wildman–Crippen LogP) is 3.23. The van der Waals surface area contributed by atoms with Gasteiger partial charge < -0.3 is 10.7 Å². The molecule has 132 valence electrons. The predicted molar refractivity (Wildman–Crippen MR) is 104 cm³/mol. The van der Waals surface area contributed by atoms with Crippen LogP contribution in [0.25, 0.3) is 0 Å². The number of aryl methyl sites for hydroxylation is 1. The van der Waals surface area contributed by atoms with Gasteiger partial charge in [0.1, 0.15) is 0 Å². The summed E-state index contributed by atoms with van der Waals surface area (Å²) in [5.74, 6) is 0.293. The molecule has 0 bridgehead atoms. The monoisotopic (exact) mass is 357 g/mol. The van der Waals surface area contributed by atoms with Gasteiger partial charge >= 0.3 is 0 Å². The van der Waals surface area contributed by atoms with Gasteiger partial charge in [-0.3, -0.25) is 5.41 Å². The Bertz CT molecular complexity index is 794. The number of halogens is 1. The SMILES string of the molecule is Cl.N=C(N)NN=C1CC(c2ccccc2)Cc2[nH]c3c(c21)CCCC3. The highest BCUT2D eigenvalue weighted by molar-refractivity contribution is 6.05. The lowest BCUT2D eigenvalue weighted by atomic mass is 9.80. The van der Waals surface area contributed by atoms with Crippen molar-refractivity contribution in [1.82, 2.24) is 10.4 Å². The molecule has 4 rings (SSSR count). The molecule has 1 aromatic heterocycles. The first-order valence-corrected chi connectivity index (χ1v) is 8.67. The highest BCUT2D eigenvalue weighted by Crippen LogP contribution is 2.37. The van der Waals surface area contributed by atoms with Gasteiger partial charge in [0.15, 0.2) is 0 Å². The highest BCUT2D eigenvalue weighted by atomic mass is 35.5. The molecule has 2 aliphatic rings. The average Bonchev–Trinajstić information content (AvgIpc) is 2.99. The van der Waals surface area contributed by atoms with E-state index in [1.54, 1.807) is 0 Å². The number of nitrogens with zero attached hydrogens (tertiary/aromatic N) is 1. The van der Waals surface area contributed by atoms with Crippen LogP contribution < -0.4 is 11.2 Å². The molecular weight excluding hydrogens is 334 g/mol. The van der Waals surface area contributed by atoms with Gasteiger partial charge in [0.05, 0.1) is 5.71 Å². The Morgan fingerprint density at radius 3 is 2.64 bits per heavy atom. The number of aromatic amines is 1. The highest BCUT2D eigenvalue weighted by Gasteiger charge is 2.31. The van der Waals surface area contributed by atoms with E-state index in [4.69, 9.17) is 11.1 Å². The summed E-state index contributed by atoms with van der Waals surface area (Å²) in [5, 5.41) is 11.9. The summed E-state index contributed by atoms with van der Waals surface area (Å²) in [5.41, 5.74) is 15.9. The zero-order valence-electron chi connectivity index (χ0n) is 14.1. The van der Waals surface area contributed by atoms with E-state index < -0.39 is 0 Å². The second-order valence-electron chi connectivity index (χ2n) is 6.74.